The molecule has 0 aromatic carbocycles. The van der Waals surface area contributed by atoms with Crippen molar-refractivity contribution in [2.45, 2.75) is 12.1 Å². The highest BCUT2D eigenvalue weighted by Gasteiger charge is 2.30. The molecule has 0 saturated carbocycles. The van der Waals surface area contributed by atoms with Gasteiger partial charge in [0, 0.05) is 20.1 Å². The lowest BCUT2D eigenvalue weighted by atomic mass is 10.2. The molecule has 2 atom stereocenters. The van der Waals surface area contributed by atoms with E-state index in [2.05, 4.69) is 5.32 Å². The molecule has 1 rings (SSSR count). The van der Waals surface area contributed by atoms with Crippen molar-refractivity contribution in [2.75, 3.05) is 20.1 Å². The van der Waals surface area contributed by atoms with E-state index in [1.807, 2.05) is 5.92 Å². The van der Waals surface area contributed by atoms with Crippen molar-refractivity contribution in [3.63, 3.8) is 0 Å². The highest BCUT2D eigenvalue weighted by atomic mass is 16.3. The largest absolute Gasteiger partial charge is 0.390 e. The second-order valence-corrected chi connectivity index (χ2v) is 2.85. The van der Waals surface area contributed by atoms with E-state index in [4.69, 9.17) is 6.42 Å². The number of rotatable bonds is 1. The van der Waals surface area contributed by atoms with Crippen LogP contribution in [-0.4, -0.2) is 48.2 Å². The molecule has 0 aromatic heterocycles. The van der Waals surface area contributed by atoms with Gasteiger partial charge in [-0.3, -0.25) is 4.79 Å². The van der Waals surface area contributed by atoms with Crippen LogP contribution in [0, 0.1) is 12.3 Å². The monoisotopic (exact) mass is 168 g/mol. The van der Waals surface area contributed by atoms with E-state index in [-0.39, 0.29) is 11.9 Å². The Hall–Kier alpha value is -1.05. The Balaban J connectivity index is 2.58. The molecule has 12 heavy (non-hydrogen) atoms. The summed E-state index contributed by atoms with van der Waals surface area (Å²) in [5.74, 6) is 1.62. The molecule has 4 heteroatoms. The fourth-order valence-corrected chi connectivity index (χ4v) is 1.30. The minimum absolute atomic E-state index is 0.187. The van der Waals surface area contributed by atoms with Gasteiger partial charge in [0.05, 0.1) is 12.1 Å². The summed E-state index contributed by atoms with van der Waals surface area (Å²) in [5.41, 5.74) is 0. The zero-order chi connectivity index (χ0) is 9.14. The number of nitrogens with one attached hydrogen (secondary N) is 1. The third-order valence-corrected chi connectivity index (χ3v) is 2.09. The van der Waals surface area contributed by atoms with Gasteiger partial charge in [-0.25, -0.2) is 0 Å². The summed E-state index contributed by atoms with van der Waals surface area (Å²) in [5, 5.41) is 12.3. The summed E-state index contributed by atoms with van der Waals surface area (Å²) < 4.78 is 0. The maximum absolute atomic E-state index is 11.0. The van der Waals surface area contributed by atoms with Crippen LogP contribution in [0.5, 0.6) is 0 Å². The van der Waals surface area contributed by atoms with Crippen LogP contribution in [0.25, 0.3) is 0 Å². The van der Waals surface area contributed by atoms with Crippen molar-refractivity contribution in [1.29, 1.82) is 0 Å². The van der Waals surface area contributed by atoms with Gasteiger partial charge in [-0.15, -0.1) is 6.42 Å². The number of β-amino-alcohol motifs (C(OH)–C–C–N with tert-alkyl or cyclic N) is 1. The molecular weight excluding hydrogens is 156 g/mol. The Kier molecular flexibility index (Phi) is 2.69. The molecule has 0 aromatic rings. The van der Waals surface area contributed by atoms with Crippen molar-refractivity contribution in [1.82, 2.24) is 10.2 Å². The second-order valence-electron chi connectivity index (χ2n) is 2.85. The molecule has 1 saturated heterocycles. The standard InChI is InChI=1S/C8H12N2O2/c1-3-8(12)10(2)6-4-9-5-7(6)11/h1,6-7,9,11H,4-5H2,2H3/t6-,7-/m1/s1. The van der Waals surface area contributed by atoms with Crippen molar-refractivity contribution >= 4 is 5.91 Å². The number of nitrogens with zero attached hydrogens (tertiary/aromatic N) is 1. The second kappa shape index (κ2) is 3.57. The first-order valence-corrected chi connectivity index (χ1v) is 3.79. The van der Waals surface area contributed by atoms with E-state index in [0.717, 1.165) is 0 Å². The number of hydrogen-bond donors (Lipinski definition) is 2. The highest BCUT2D eigenvalue weighted by Crippen LogP contribution is 2.06. The van der Waals surface area contributed by atoms with Gasteiger partial charge >= 0.3 is 0 Å². The Morgan fingerprint density at radius 1 is 1.75 bits per heavy atom. The molecule has 0 bridgehead atoms. The molecule has 1 aliphatic rings. The number of aliphatic hydroxyl groups is 1. The minimum atomic E-state index is -0.507. The smallest absolute Gasteiger partial charge is 0.298 e. The average molecular weight is 168 g/mol. The Bertz CT molecular complexity index is 222. The van der Waals surface area contributed by atoms with Gasteiger partial charge in [0.1, 0.15) is 0 Å². The molecule has 4 nitrogen and oxygen atoms in total. The van der Waals surface area contributed by atoms with Crippen LogP contribution in [-0.2, 0) is 4.79 Å². The third kappa shape index (κ3) is 1.58. The van der Waals surface area contributed by atoms with E-state index in [1.165, 1.54) is 4.90 Å². The van der Waals surface area contributed by atoms with Gasteiger partial charge in [0.25, 0.3) is 5.91 Å². The fourth-order valence-electron chi connectivity index (χ4n) is 1.30. The van der Waals surface area contributed by atoms with Crippen molar-refractivity contribution in [3.05, 3.63) is 0 Å². The topological polar surface area (TPSA) is 52.6 Å². The summed E-state index contributed by atoms with van der Waals surface area (Å²) in [4.78, 5) is 12.4. The van der Waals surface area contributed by atoms with Crippen LogP contribution >= 0.6 is 0 Å². The van der Waals surface area contributed by atoms with E-state index in [9.17, 15) is 9.90 Å². The van der Waals surface area contributed by atoms with Crippen LogP contribution in [0.15, 0.2) is 0 Å². The third-order valence-electron chi connectivity index (χ3n) is 2.09. The molecule has 0 spiro atoms. The van der Waals surface area contributed by atoms with Crippen LogP contribution in [0.4, 0.5) is 0 Å². The first-order chi connectivity index (χ1) is 5.66. The number of terminal acetylenes is 1. The van der Waals surface area contributed by atoms with E-state index in [0.29, 0.717) is 13.1 Å². The molecule has 1 fully saturated rings. The normalized spacial score (nSPS) is 28.1. The number of amides is 1. The number of aliphatic hydroxyl groups excluding tert-OH is 1. The van der Waals surface area contributed by atoms with E-state index >= 15 is 0 Å². The average Bonchev–Trinajstić information content (AvgIpc) is 2.48. The molecule has 0 aliphatic carbocycles. The maximum Gasteiger partial charge on any atom is 0.298 e. The minimum Gasteiger partial charge on any atom is -0.390 e. The van der Waals surface area contributed by atoms with Gasteiger partial charge < -0.3 is 15.3 Å². The van der Waals surface area contributed by atoms with Gasteiger partial charge in [-0.2, -0.15) is 0 Å². The molecular formula is C8H12N2O2. The maximum atomic E-state index is 11.0. The van der Waals surface area contributed by atoms with Gasteiger partial charge in [-0.1, -0.05) is 0 Å². The number of carbonyl (C=O) groups excluding carboxylic acids is 1. The zero-order valence-electron chi connectivity index (χ0n) is 6.95. The van der Waals surface area contributed by atoms with Crippen molar-refractivity contribution < 1.29 is 9.90 Å². The first-order valence-electron chi connectivity index (χ1n) is 3.79. The van der Waals surface area contributed by atoms with E-state index in [1.54, 1.807) is 7.05 Å². The summed E-state index contributed by atoms with van der Waals surface area (Å²) in [6.07, 6.45) is 4.44. The number of likely N-dealkylation sites (N-methyl/N-ethyl adjacent to an activating group) is 1. The summed E-state index contributed by atoms with van der Waals surface area (Å²) in [6, 6.07) is -0.187. The first kappa shape index (κ1) is 9.04. The molecule has 0 unspecified atom stereocenters. The molecule has 66 valence electrons. The van der Waals surface area contributed by atoms with Gasteiger partial charge in [-0.05, 0) is 5.92 Å². The van der Waals surface area contributed by atoms with Crippen LogP contribution in [0.2, 0.25) is 0 Å². The molecule has 1 amide bonds. The quantitative estimate of drug-likeness (QED) is 0.464. The van der Waals surface area contributed by atoms with Crippen LogP contribution < -0.4 is 5.32 Å². The lowest BCUT2D eigenvalue weighted by Gasteiger charge is -2.23. The molecule has 1 aliphatic heterocycles. The summed E-state index contributed by atoms with van der Waals surface area (Å²) >= 11 is 0. The number of hydrogen-bond acceptors (Lipinski definition) is 3. The predicted molar refractivity (Wildman–Crippen MR) is 44.3 cm³/mol. The lowest BCUT2D eigenvalue weighted by molar-refractivity contribution is -0.127. The lowest BCUT2D eigenvalue weighted by Crippen LogP contribution is -2.43. The van der Waals surface area contributed by atoms with Crippen LogP contribution in [0.3, 0.4) is 0 Å². The van der Waals surface area contributed by atoms with Crippen molar-refractivity contribution in [3.8, 4) is 12.3 Å². The Labute approximate surface area is 71.6 Å². The van der Waals surface area contributed by atoms with Crippen molar-refractivity contribution in [2.24, 2.45) is 0 Å². The Morgan fingerprint density at radius 3 is 2.83 bits per heavy atom. The fraction of sp³-hybridized carbons (Fsp3) is 0.625. The predicted octanol–water partition coefficient (Wildman–Crippen LogP) is -1.59. The van der Waals surface area contributed by atoms with Gasteiger partial charge in [0.15, 0.2) is 0 Å². The molecule has 1 heterocycles. The van der Waals surface area contributed by atoms with Gasteiger partial charge in [0.2, 0.25) is 0 Å². The molecule has 2 N–H and O–H groups in total. The SMILES string of the molecule is C#CC(=O)N(C)[C@@H]1CNC[C@H]1O. The van der Waals surface area contributed by atoms with E-state index < -0.39 is 6.10 Å². The highest BCUT2D eigenvalue weighted by molar-refractivity contribution is 5.93. The molecule has 0 radical (unpaired) electrons. The summed E-state index contributed by atoms with van der Waals surface area (Å²) in [6.45, 7) is 1.12. The Morgan fingerprint density at radius 2 is 2.42 bits per heavy atom. The van der Waals surface area contributed by atoms with Crippen LogP contribution in [0.1, 0.15) is 0 Å². The number of carbonyl (C=O) groups is 1. The summed E-state index contributed by atoms with van der Waals surface area (Å²) in [7, 11) is 1.60. The zero-order valence-corrected chi connectivity index (χ0v) is 6.95.